The van der Waals surface area contributed by atoms with E-state index in [1.54, 1.807) is 25.3 Å². The van der Waals surface area contributed by atoms with Gasteiger partial charge in [-0.2, -0.15) is 0 Å². The summed E-state index contributed by atoms with van der Waals surface area (Å²) in [7, 11) is 3.10. The summed E-state index contributed by atoms with van der Waals surface area (Å²) in [6.07, 6.45) is 0.547. The molecule has 2 amide bonds. The molecule has 2 N–H and O–H groups in total. The first kappa shape index (κ1) is 18.8. The van der Waals surface area contributed by atoms with Crippen molar-refractivity contribution in [2.24, 2.45) is 11.8 Å². The number of benzene rings is 2. The normalized spacial score (nSPS) is 18.9. The molecular formula is C21H24N2O4. The maximum absolute atomic E-state index is 12.5. The van der Waals surface area contributed by atoms with Gasteiger partial charge in [0.1, 0.15) is 11.5 Å². The van der Waals surface area contributed by atoms with E-state index >= 15 is 0 Å². The molecule has 3 unspecified atom stereocenters. The van der Waals surface area contributed by atoms with Crippen molar-refractivity contribution in [1.82, 2.24) is 5.32 Å². The number of carbonyl (C=O) groups excluding carboxylic acids is 2. The van der Waals surface area contributed by atoms with Crippen molar-refractivity contribution in [3.8, 4) is 11.5 Å². The number of hydrogen-bond donors (Lipinski definition) is 2. The van der Waals surface area contributed by atoms with Crippen LogP contribution in [0.15, 0.2) is 48.5 Å². The molecule has 142 valence electrons. The van der Waals surface area contributed by atoms with Gasteiger partial charge >= 0.3 is 0 Å². The summed E-state index contributed by atoms with van der Waals surface area (Å²) in [5.74, 6) is 0.256. The van der Waals surface area contributed by atoms with E-state index in [1.165, 1.54) is 7.11 Å². The highest BCUT2D eigenvalue weighted by Gasteiger charge is 2.48. The van der Waals surface area contributed by atoms with Crippen LogP contribution in [0, 0.1) is 11.8 Å². The molecular weight excluding hydrogens is 344 g/mol. The van der Waals surface area contributed by atoms with Gasteiger partial charge in [-0.25, -0.2) is 0 Å². The van der Waals surface area contributed by atoms with E-state index in [2.05, 4.69) is 10.6 Å². The van der Waals surface area contributed by atoms with Crippen LogP contribution in [-0.2, 0) is 9.59 Å². The zero-order chi connectivity index (χ0) is 19.4. The maximum atomic E-state index is 12.5. The Morgan fingerprint density at radius 1 is 1.00 bits per heavy atom. The Hall–Kier alpha value is -3.02. The van der Waals surface area contributed by atoms with Crippen LogP contribution in [0.1, 0.15) is 24.9 Å². The van der Waals surface area contributed by atoms with Gasteiger partial charge in [-0.3, -0.25) is 9.59 Å². The molecule has 0 saturated heterocycles. The molecule has 0 bridgehead atoms. The molecule has 3 rings (SSSR count). The number of methoxy groups -OCH3 is 2. The van der Waals surface area contributed by atoms with Gasteiger partial charge in [0, 0.05) is 6.07 Å². The summed E-state index contributed by atoms with van der Waals surface area (Å²) in [6.45, 7) is 1.94. The highest BCUT2D eigenvalue weighted by molar-refractivity contribution is 6.00. The van der Waals surface area contributed by atoms with Crippen LogP contribution in [0.5, 0.6) is 11.5 Å². The molecule has 3 atom stereocenters. The van der Waals surface area contributed by atoms with Gasteiger partial charge in [-0.05, 0) is 31.0 Å². The Labute approximate surface area is 158 Å². The molecule has 1 saturated carbocycles. The molecule has 1 fully saturated rings. The molecule has 27 heavy (non-hydrogen) atoms. The summed E-state index contributed by atoms with van der Waals surface area (Å²) in [5, 5.41) is 5.83. The van der Waals surface area contributed by atoms with Gasteiger partial charge in [0.2, 0.25) is 11.8 Å². The van der Waals surface area contributed by atoms with E-state index in [0.29, 0.717) is 23.6 Å². The van der Waals surface area contributed by atoms with E-state index < -0.39 is 0 Å². The van der Waals surface area contributed by atoms with E-state index in [4.69, 9.17) is 9.47 Å². The first-order chi connectivity index (χ1) is 13.0. The van der Waals surface area contributed by atoms with Crippen molar-refractivity contribution in [2.45, 2.75) is 19.4 Å². The monoisotopic (exact) mass is 368 g/mol. The topological polar surface area (TPSA) is 76.7 Å². The summed E-state index contributed by atoms with van der Waals surface area (Å²) < 4.78 is 10.5. The average molecular weight is 368 g/mol. The van der Waals surface area contributed by atoms with Crippen LogP contribution in [0.3, 0.4) is 0 Å². The Kier molecular flexibility index (Phi) is 5.64. The number of rotatable bonds is 7. The largest absolute Gasteiger partial charge is 0.497 e. The minimum absolute atomic E-state index is 0.0934. The Bertz CT molecular complexity index is 822. The van der Waals surface area contributed by atoms with Gasteiger partial charge in [-0.1, -0.05) is 30.3 Å². The SMILES string of the molecule is COc1ccc(OC)c(NC(=O)C2CC2C(=O)NC(C)c2ccccc2)c1. The van der Waals surface area contributed by atoms with Crippen molar-refractivity contribution < 1.29 is 19.1 Å². The van der Waals surface area contributed by atoms with Crippen LogP contribution in [-0.4, -0.2) is 26.0 Å². The van der Waals surface area contributed by atoms with Gasteiger partial charge < -0.3 is 20.1 Å². The Balaban J connectivity index is 1.58. The second-order valence-electron chi connectivity index (χ2n) is 6.65. The van der Waals surface area contributed by atoms with E-state index in [1.807, 2.05) is 37.3 Å². The zero-order valence-electron chi connectivity index (χ0n) is 15.7. The lowest BCUT2D eigenvalue weighted by Gasteiger charge is -2.14. The van der Waals surface area contributed by atoms with Crippen molar-refractivity contribution >= 4 is 17.5 Å². The molecule has 2 aromatic rings. The fourth-order valence-electron chi connectivity index (χ4n) is 3.06. The van der Waals surface area contributed by atoms with Gasteiger partial charge in [-0.15, -0.1) is 0 Å². The highest BCUT2D eigenvalue weighted by Crippen LogP contribution is 2.41. The molecule has 1 aliphatic carbocycles. The van der Waals surface area contributed by atoms with Crippen molar-refractivity contribution in [3.63, 3.8) is 0 Å². The Morgan fingerprint density at radius 3 is 2.37 bits per heavy atom. The lowest BCUT2D eigenvalue weighted by atomic mass is 10.1. The third kappa shape index (κ3) is 4.39. The second-order valence-corrected chi connectivity index (χ2v) is 6.65. The summed E-state index contributed by atoms with van der Waals surface area (Å²) in [6, 6.07) is 14.8. The summed E-state index contributed by atoms with van der Waals surface area (Å²) in [4.78, 5) is 25.0. The van der Waals surface area contributed by atoms with E-state index in [9.17, 15) is 9.59 Å². The van der Waals surface area contributed by atoms with Crippen LogP contribution >= 0.6 is 0 Å². The smallest absolute Gasteiger partial charge is 0.228 e. The van der Waals surface area contributed by atoms with Gasteiger partial charge in [0.15, 0.2) is 0 Å². The van der Waals surface area contributed by atoms with E-state index in [-0.39, 0.29) is 29.7 Å². The van der Waals surface area contributed by atoms with Crippen molar-refractivity contribution in [3.05, 3.63) is 54.1 Å². The van der Waals surface area contributed by atoms with Gasteiger partial charge in [0.25, 0.3) is 0 Å². The maximum Gasteiger partial charge on any atom is 0.228 e. The number of nitrogens with one attached hydrogen (secondary N) is 2. The molecule has 0 heterocycles. The molecule has 0 radical (unpaired) electrons. The van der Waals surface area contributed by atoms with E-state index in [0.717, 1.165) is 5.56 Å². The number of anilines is 1. The van der Waals surface area contributed by atoms with Crippen LogP contribution in [0.2, 0.25) is 0 Å². The molecule has 0 aromatic heterocycles. The standard InChI is InChI=1S/C21H24N2O4/c1-13(14-7-5-4-6-8-14)22-20(24)16-12-17(16)21(25)23-18-11-15(26-2)9-10-19(18)27-3/h4-11,13,16-17H,12H2,1-3H3,(H,22,24)(H,23,25). The van der Waals surface area contributed by atoms with Crippen molar-refractivity contribution in [1.29, 1.82) is 0 Å². The predicted octanol–water partition coefficient (Wildman–Crippen LogP) is 3.16. The first-order valence-corrected chi connectivity index (χ1v) is 8.91. The average Bonchev–Trinajstić information content (AvgIpc) is 3.49. The molecule has 6 heteroatoms. The quantitative estimate of drug-likeness (QED) is 0.787. The minimum atomic E-state index is -0.330. The van der Waals surface area contributed by atoms with Crippen LogP contribution in [0.4, 0.5) is 5.69 Å². The Morgan fingerprint density at radius 2 is 1.70 bits per heavy atom. The summed E-state index contributed by atoms with van der Waals surface area (Å²) in [5.41, 5.74) is 1.57. The molecule has 2 aromatic carbocycles. The first-order valence-electron chi connectivity index (χ1n) is 8.91. The number of hydrogen-bond acceptors (Lipinski definition) is 4. The third-order valence-corrected chi connectivity index (χ3v) is 4.79. The number of ether oxygens (including phenoxy) is 2. The molecule has 0 spiro atoms. The zero-order valence-corrected chi connectivity index (χ0v) is 15.7. The number of amides is 2. The number of carbonyl (C=O) groups is 2. The fourth-order valence-corrected chi connectivity index (χ4v) is 3.06. The van der Waals surface area contributed by atoms with Crippen LogP contribution in [0.25, 0.3) is 0 Å². The van der Waals surface area contributed by atoms with Crippen LogP contribution < -0.4 is 20.1 Å². The third-order valence-electron chi connectivity index (χ3n) is 4.79. The minimum Gasteiger partial charge on any atom is -0.497 e. The van der Waals surface area contributed by atoms with Crippen molar-refractivity contribution in [2.75, 3.05) is 19.5 Å². The second kappa shape index (κ2) is 8.12. The highest BCUT2D eigenvalue weighted by atomic mass is 16.5. The van der Waals surface area contributed by atoms with Gasteiger partial charge in [0.05, 0.1) is 37.8 Å². The molecule has 1 aliphatic rings. The molecule has 0 aliphatic heterocycles. The lowest BCUT2D eigenvalue weighted by molar-refractivity contribution is -0.125. The lowest BCUT2D eigenvalue weighted by Crippen LogP contribution is -2.29. The predicted molar refractivity (Wildman–Crippen MR) is 103 cm³/mol. The molecule has 6 nitrogen and oxygen atoms in total. The fraction of sp³-hybridized carbons (Fsp3) is 0.333. The summed E-state index contributed by atoms with van der Waals surface area (Å²) >= 11 is 0.